The molecule has 0 bridgehead atoms. The fourth-order valence-electron chi connectivity index (χ4n) is 3.88. The van der Waals surface area contributed by atoms with Crippen LogP contribution in [0.2, 0.25) is 0 Å². The van der Waals surface area contributed by atoms with Crippen molar-refractivity contribution in [3.05, 3.63) is 70.4 Å². The van der Waals surface area contributed by atoms with Crippen LogP contribution in [0.5, 0.6) is 0 Å². The van der Waals surface area contributed by atoms with E-state index in [-0.39, 0.29) is 5.56 Å². The topological polar surface area (TPSA) is 100 Å². The Morgan fingerprint density at radius 1 is 0.906 bits per heavy atom. The van der Waals surface area contributed by atoms with E-state index in [2.05, 4.69) is 39.5 Å². The number of hydrogen-bond donors (Lipinski definition) is 2. The fourth-order valence-corrected chi connectivity index (χ4v) is 3.88. The molecule has 0 saturated carbocycles. The lowest BCUT2D eigenvalue weighted by Crippen LogP contribution is -2.17. The summed E-state index contributed by atoms with van der Waals surface area (Å²) in [6.45, 7) is 4.30. The van der Waals surface area contributed by atoms with Crippen molar-refractivity contribution in [2.24, 2.45) is 0 Å². The van der Waals surface area contributed by atoms with Crippen LogP contribution in [0.3, 0.4) is 0 Å². The normalized spacial score (nSPS) is 11.1. The van der Waals surface area contributed by atoms with E-state index >= 15 is 0 Å². The van der Waals surface area contributed by atoms with E-state index in [0.29, 0.717) is 11.4 Å². The first kappa shape index (κ1) is 21.6. The van der Waals surface area contributed by atoms with Gasteiger partial charge in [-0.25, -0.2) is 4.98 Å². The van der Waals surface area contributed by atoms with E-state index in [4.69, 9.17) is 4.98 Å². The summed E-state index contributed by atoms with van der Waals surface area (Å²) >= 11 is 0. The van der Waals surface area contributed by atoms with E-state index in [9.17, 15) is 4.79 Å². The number of unbranched alkanes of at least 4 members (excludes halogenated alkanes) is 2. The van der Waals surface area contributed by atoms with Crippen molar-refractivity contribution in [3.63, 3.8) is 0 Å². The zero-order valence-corrected chi connectivity index (χ0v) is 18.6. The highest BCUT2D eigenvalue weighted by molar-refractivity contribution is 5.81. The fraction of sp³-hybridized carbons (Fsp3) is 0.320. The highest BCUT2D eigenvalue weighted by Crippen LogP contribution is 2.31. The molecular weight excluding hydrogens is 402 g/mol. The molecule has 0 atom stereocenters. The lowest BCUT2D eigenvalue weighted by atomic mass is 9.97. The van der Waals surface area contributed by atoms with Gasteiger partial charge in [-0.3, -0.25) is 4.79 Å². The first-order chi connectivity index (χ1) is 15.7. The van der Waals surface area contributed by atoms with Gasteiger partial charge in [0.1, 0.15) is 5.82 Å². The molecule has 0 unspecified atom stereocenters. The Hall–Kier alpha value is -3.61. The quantitative estimate of drug-likeness (QED) is 0.390. The first-order valence-corrected chi connectivity index (χ1v) is 11.3. The number of H-pyrrole nitrogens is 2. The highest BCUT2D eigenvalue weighted by Gasteiger charge is 2.15. The predicted octanol–water partition coefficient (Wildman–Crippen LogP) is 4.97. The summed E-state index contributed by atoms with van der Waals surface area (Å²) in [7, 11) is 0. The number of nitrogens with zero attached hydrogens (tertiary/aromatic N) is 4. The lowest BCUT2D eigenvalue weighted by molar-refractivity contribution is 0.721. The zero-order valence-electron chi connectivity index (χ0n) is 18.6. The maximum absolute atomic E-state index is 13.0. The van der Waals surface area contributed by atoms with E-state index in [0.717, 1.165) is 72.3 Å². The van der Waals surface area contributed by atoms with Crippen LogP contribution in [-0.2, 0) is 12.8 Å². The molecule has 2 N–H and O–H groups in total. The summed E-state index contributed by atoms with van der Waals surface area (Å²) in [5.74, 6) is 1.34. The van der Waals surface area contributed by atoms with E-state index < -0.39 is 0 Å². The molecule has 32 heavy (non-hydrogen) atoms. The predicted molar refractivity (Wildman–Crippen MR) is 126 cm³/mol. The maximum atomic E-state index is 13.0. The molecule has 164 valence electrons. The number of aromatic amines is 2. The van der Waals surface area contributed by atoms with Crippen LogP contribution < -0.4 is 5.56 Å². The minimum Gasteiger partial charge on any atom is -0.310 e. The molecule has 7 nitrogen and oxygen atoms in total. The standard InChI is InChI=1S/C25H28N6O/c1-3-5-11-21-23(25(32)27-22(26-21)12-6-4-2)18-15-13-17(14-16-18)19-9-7-8-10-20(19)24-28-30-31-29-24/h7-10,13-16H,3-6,11-12H2,1-2H3,(H,26,27,32)(H,28,29,30,31)/i24+2. The summed E-state index contributed by atoms with van der Waals surface area (Å²) in [5, 5.41) is 14.4. The van der Waals surface area contributed by atoms with Crippen LogP contribution in [0, 0.1) is 0 Å². The van der Waals surface area contributed by atoms with Gasteiger partial charge < -0.3 is 4.98 Å². The Kier molecular flexibility index (Phi) is 6.84. The average Bonchev–Trinajstić information content (AvgIpc) is 3.36. The SMILES string of the molecule is CCCCc1nc(CCCC)c(-c2ccc(-c3ccccc3-[14c]3nn[nH]n3)cc2)c(=O)[nH]1. The van der Waals surface area contributed by atoms with Crippen LogP contribution in [0.25, 0.3) is 33.6 Å². The number of rotatable bonds is 9. The Labute approximate surface area is 187 Å². The van der Waals surface area contributed by atoms with Crippen LogP contribution >= 0.6 is 0 Å². The van der Waals surface area contributed by atoms with Gasteiger partial charge in [0.2, 0.25) is 5.82 Å². The molecule has 4 aromatic rings. The molecule has 0 radical (unpaired) electrons. The third-order valence-corrected chi connectivity index (χ3v) is 5.58. The minimum atomic E-state index is -0.0582. The van der Waals surface area contributed by atoms with Gasteiger partial charge in [0.25, 0.3) is 5.56 Å². The van der Waals surface area contributed by atoms with Crippen LogP contribution in [0.4, 0.5) is 0 Å². The molecule has 7 heteroatoms. The van der Waals surface area contributed by atoms with Crippen molar-refractivity contribution in [3.8, 4) is 33.6 Å². The average molecular weight is 431 g/mol. The summed E-state index contributed by atoms with van der Waals surface area (Å²) in [5.41, 5.74) is 5.32. The van der Waals surface area contributed by atoms with Crippen LogP contribution in [-0.4, -0.2) is 30.6 Å². The van der Waals surface area contributed by atoms with Gasteiger partial charge in [0.15, 0.2) is 0 Å². The second-order valence-corrected chi connectivity index (χ2v) is 7.90. The number of hydrogen-bond acceptors (Lipinski definition) is 5. The lowest BCUT2D eigenvalue weighted by Gasteiger charge is -2.12. The van der Waals surface area contributed by atoms with Gasteiger partial charge in [-0.15, -0.1) is 10.2 Å². The number of nitrogens with one attached hydrogen (secondary N) is 2. The molecule has 0 spiro atoms. The van der Waals surface area contributed by atoms with E-state index in [1.54, 1.807) is 0 Å². The third kappa shape index (κ3) is 4.66. The minimum absolute atomic E-state index is 0.0582. The zero-order chi connectivity index (χ0) is 22.3. The van der Waals surface area contributed by atoms with Gasteiger partial charge in [0.05, 0.1) is 11.3 Å². The van der Waals surface area contributed by atoms with E-state index in [1.807, 2.05) is 48.5 Å². The monoisotopic (exact) mass is 430 g/mol. The largest absolute Gasteiger partial charge is 0.310 e. The third-order valence-electron chi connectivity index (χ3n) is 5.58. The molecule has 0 fully saturated rings. The molecule has 0 aliphatic carbocycles. The van der Waals surface area contributed by atoms with Gasteiger partial charge in [0, 0.05) is 12.0 Å². The number of aryl methyl sites for hydroxylation is 2. The highest BCUT2D eigenvalue weighted by atomic mass is 16.1. The second kappa shape index (κ2) is 10.1. The number of benzene rings is 2. The van der Waals surface area contributed by atoms with Crippen molar-refractivity contribution < 1.29 is 0 Å². The van der Waals surface area contributed by atoms with Crippen molar-refractivity contribution >= 4 is 0 Å². The van der Waals surface area contributed by atoms with Crippen LogP contribution in [0.1, 0.15) is 51.0 Å². The molecular formula is C25H28N6O. The molecule has 0 aliphatic rings. The Balaban J connectivity index is 1.71. The van der Waals surface area contributed by atoms with Gasteiger partial charge in [-0.2, -0.15) is 5.21 Å². The number of tetrazole rings is 1. The van der Waals surface area contributed by atoms with Crippen molar-refractivity contribution in [1.82, 2.24) is 30.6 Å². The Morgan fingerprint density at radius 3 is 2.34 bits per heavy atom. The maximum Gasteiger partial charge on any atom is 0.259 e. The summed E-state index contributed by atoms with van der Waals surface area (Å²) in [6, 6.07) is 16.0. The Bertz CT molecular complexity index is 1210. The van der Waals surface area contributed by atoms with Crippen LogP contribution in [0.15, 0.2) is 53.3 Å². The van der Waals surface area contributed by atoms with Crippen molar-refractivity contribution in [1.29, 1.82) is 0 Å². The second-order valence-electron chi connectivity index (χ2n) is 7.90. The molecule has 0 aliphatic heterocycles. The van der Waals surface area contributed by atoms with E-state index in [1.165, 1.54) is 0 Å². The molecule has 0 saturated heterocycles. The van der Waals surface area contributed by atoms with Gasteiger partial charge >= 0.3 is 0 Å². The number of aromatic nitrogens is 6. The molecule has 4 rings (SSSR count). The van der Waals surface area contributed by atoms with Gasteiger partial charge in [-0.05, 0) is 41.2 Å². The summed E-state index contributed by atoms with van der Waals surface area (Å²) in [4.78, 5) is 20.9. The van der Waals surface area contributed by atoms with Crippen molar-refractivity contribution in [2.75, 3.05) is 0 Å². The molecule has 2 aromatic heterocycles. The molecule has 2 heterocycles. The van der Waals surface area contributed by atoms with Crippen molar-refractivity contribution in [2.45, 2.75) is 52.4 Å². The summed E-state index contributed by atoms with van der Waals surface area (Å²) in [6.07, 6.45) is 5.76. The molecule has 2 aromatic carbocycles. The van der Waals surface area contributed by atoms with Gasteiger partial charge in [-0.1, -0.05) is 75.2 Å². The Morgan fingerprint density at radius 2 is 1.62 bits per heavy atom. The summed E-state index contributed by atoms with van der Waals surface area (Å²) < 4.78 is 0. The molecule has 0 amide bonds. The first-order valence-electron chi connectivity index (χ1n) is 11.3. The smallest absolute Gasteiger partial charge is 0.259 e.